The van der Waals surface area contributed by atoms with Crippen molar-refractivity contribution in [2.24, 2.45) is 0 Å². The van der Waals surface area contributed by atoms with Crippen molar-refractivity contribution in [3.05, 3.63) is 64.0 Å². The molecule has 20 heavy (non-hydrogen) atoms. The first-order valence-electron chi connectivity index (χ1n) is 5.52. The van der Waals surface area contributed by atoms with Crippen molar-refractivity contribution >= 4 is 17.3 Å². The molecule has 1 amide bonds. The Labute approximate surface area is 112 Å². The van der Waals surface area contributed by atoms with E-state index in [1.807, 2.05) is 0 Å². The van der Waals surface area contributed by atoms with Crippen LogP contribution >= 0.6 is 0 Å². The van der Waals surface area contributed by atoms with Crippen LogP contribution in [0.5, 0.6) is 5.75 Å². The van der Waals surface area contributed by atoms with Crippen LogP contribution in [0.3, 0.4) is 0 Å². The smallest absolute Gasteiger partial charge is 0.306 e. The Kier molecular flexibility index (Phi) is 3.60. The van der Waals surface area contributed by atoms with Crippen LogP contribution in [0.2, 0.25) is 0 Å². The van der Waals surface area contributed by atoms with Crippen LogP contribution in [0, 0.1) is 15.9 Å². The summed E-state index contributed by atoms with van der Waals surface area (Å²) in [4.78, 5) is 21.6. The number of halogens is 1. The molecule has 0 saturated carbocycles. The molecule has 2 aromatic carbocycles. The number of aromatic hydroxyl groups is 1. The maximum Gasteiger partial charge on any atom is 0.306 e. The highest BCUT2D eigenvalue weighted by Gasteiger charge is 2.16. The summed E-state index contributed by atoms with van der Waals surface area (Å²) < 4.78 is 13.2. The number of nitrogens with one attached hydrogen (secondary N) is 1. The van der Waals surface area contributed by atoms with E-state index in [2.05, 4.69) is 5.32 Å². The van der Waals surface area contributed by atoms with E-state index in [0.29, 0.717) is 0 Å². The van der Waals surface area contributed by atoms with E-state index < -0.39 is 22.3 Å². The van der Waals surface area contributed by atoms with Gasteiger partial charge in [-0.2, -0.15) is 4.39 Å². The van der Waals surface area contributed by atoms with E-state index in [1.54, 1.807) is 12.1 Å². The number of carbonyl (C=O) groups is 1. The summed E-state index contributed by atoms with van der Waals surface area (Å²) in [6, 6.07) is 8.83. The minimum Gasteiger partial charge on any atom is -0.507 e. The molecule has 102 valence electrons. The molecule has 0 aliphatic rings. The van der Waals surface area contributed by atoms with Gasteiger partial charge in [0.25, 0.3) is 5.91 Å². The van der Waals surface area contributed by atoms with Gasteiger partial charge in [-0.15, -0.1) is 0 Å². The molecule has 0 aromatic heterocycles. The van der Waals surface area contributed by atoms with Crippen LogP contribution < -0.4 is 5.32 Å². The number of rotatable bonds is 3. The number of phenolic OH excluding ortho intramolecular Hbond substituents is 1. The molecule has 2 aromatic rings. The van der Waals surface area contributed by atoms with Gasteiger partial charge in [0.1, 0.15) is 5.75 Å². The average molecular weight is 276 g/mol. The summed E-state index contributed by atoms with van der Waals surface area (Å²) in [6.45, 7) is 0. The van der Waals surface area contributed by atoms with Crippen molar-refractivity contribution in [1.82, 2.24) is 0 Å². The number of hydrogen-bond donors (Lipinski definition) is 2. The normalized spacial score (nSPS) is 10.1. The van der Waals surface area contributed by atoms with Crippen molar-refractivity contribution in [3.63, 3.8) is 0 Å². The van der Waals surface area contributed by atoms with Gasteiger partial charge < -0.3 is 10.4 Å². The maximum absolute atomic E-state index is 13.2. The molecule has 7 heteroatoms. The third-order valence-corrected chi connectivity index (χ3v) is 2.55. The van der Waals surface area contributed by atoms with Crippen LogP contribution in [0.1, 0.15) is 10.4 Å². The third kappa shape index (κ3) is 2.72. The highest BCUT2D eigenvalue weighted by Crippen LogP contribution is 2.23. The zero-order valence-electron chi connectivity index (χ0n) is 10.0. The van der Waals surface area contributed by atoms with Crippen LogP contribution in [0.25, 0.3) is 0 Å². The molecule has 0 saturated heterocycles. The number of hydrogen-bond acceptors (Lipinski definition) is 4. The lowest BCUT2D eigenvalue weighted by molar-refractivity contribution is -0.387. The first-order chi connectivity index (χ1) is 9.49. The fourth-order valence-corrected chi connectivity index (χ4v) is 1.59. The first-order valence-corrected chi connectivity index (χ1v) is 5.52. The molecule has 2 rings (SSSR count). The summed E-state index contributed by atoms with van der Waals surface area (Å²) in [6.07, 6.45) is 0. The van der Waals surface area contributed by atoms with Gasteiger partial charge in [-0.3, -0.25) is 14.9 Å². The largest absolute Gasteiger partial charge is 0.507 e. The fraction of sp³-hybridized carbons (Fsp3) is 0. The maximum atomic E-state index is 13.2. The lowest BCUT2D eigenvalue weighted by Crippen LogP contribution is -2.12. The molecule has 0 bridgehead atoms. The quantitative estimate of drug-likeness (QED) is 0.665. The van der Waals surface area contributed by atoms with Gasteiger partial charge in [0.2, 0.25) is 5.82 Å². The molecular formula is C13H9FN2O4. The van der Waals surface area contributed by atoms with E-state index in [4.69, 9.17) is 0 Å². The molecule has 0 atom stereocenters. The Bertz CT molecular complexity index is 688. The molecule has 0 spiro atoms. The minimum absolute atomic E-state index is 0.0134. The minimum atomic E-state index is -0.990. The average Bonchev–Trinajstić information content (AvgIpc) is 2.41. The highest BCUT2D eigenvalue weighted by molar-refractivity contribution is 6.06. The summed E-state index contributed by atoms with van der Waals surface area (Å²) in [5.74, 6) is -1.86. The lowest BCUT2D eigenvalue weighted by Gasteiger charge is -2.06. The second-order valence-corrected chi connectivity index (χ2v) is 3.89. The molecule has 6 nitrogen and oxygen atoms in total. The van der Waals surface area contributed by atoms with Crippen LogP contribution in [0.4, 0.5) is 15.8 Å². The predicted molar refractivity (Wildman–Crippen MR) is 69.1 cm³/mol. The van der Waals surface area contributed by atoms with Crippen molar-refractivity contribution in [2.75, 3.05) is 5.32 Å². The van der Waals surface area contributed by atoms with Crippen LogP contribution in [0.15, 0.2) is 42.5 Å². The molecule has 2 N–H and O–H groups in total. The van der Waals surface area contributed by atoms with Gasteiger partial charge in [0.05, 0.1) is 10.5 Å². The number of nitrogens with zero attached hydrogens (tertiary/aromatic N) is 1. The second-order valence-electron chi connectivity index (χ2n) is 3.89. The number of amides is 1. The van der Waals surface area contributed by atoms with Gasteiger partial charge >= 0.3 is 5.69 Å². The van der Waals surface area contributed by atoms with Gasteiger partial charge in [-0.25, -0.2) is 0 Å². The zero-order valence-corrected chi connectivity index (χ0v) is 10.0. The Morgan fingerprint density at radius 3 is 2.60 bits per heavy atom. The number of nitro groups is 1. The number of benzene rings is 2. The monoisotopic (exact) mass is 276 g/mol. The Morgan fingerprint density at radius 2 is 1.95 bits per heavy atom. The van der Waals surface area contributed by atoms with Crippen LogP contribution in [-0.4, -0.2) is 15.9 Å². The number of nitro benzene ring substituents is 1. The number of carbonyl (C=O) groups excluding carboxylic acids is 1. The van der Waals surface area contributed by atoms with Gasteiger partial charge in [-0.05, 0) is 24.3 Å². The number of anilines is 1. The van der Waals surface area contributed by atoms with E-state index in [9.17, 15) is 24.4 Å². The Hall–Kier alpha value is -2.96. The molecule has 0 aliphatic carbocycles. The molecule has 0 unspecified atom stereocenters. The van der Waals surface area contributed by atoms with Crippen LogP contribution in [-0.2, 0) is 0 Å². The molecular weight excluding hydrogens is 267 g/mol. The number of phenols is 1. The SMILES string of the molecule is O=C(Nc1ccc(F)c([N+](=O)[O-])c1)c1ccccc1O. The third-order valence-electron chi connectivity index (χ3n) is 2.55. The first kappa shape index (κ1) is 13.5. The summed E-state index contributed by atoms with van der Waals surface area (Å²) in [7, 11) is 0. The fourth-order valence-electron chi connectivity index (χ4n) is 1.59. The van der Waals surface area contributed by atoms with Gasteiger partial charge in [-0.1, -0.05) is 12.1 Å². The van der Waals surface area contributed by atoms with E-state index in [-0.39, 0.29) is 17.0 Å². The van der Waals surface area contributed by atoms with Crippen molar-refractivity contribution in [2.45, 2.75) is 0 Å². The molecule has 0 aliphatic heterocycles. The predicted octanol–water partition coefficient (Wildman–Crippen LogP) is 2.69. The molecule has 0 radical (unpaired) electrons. The second kappa shape index (κ2) is 5.35. The molecule has 0 heterocycles. The standard InChI is InChI=1S/C13H9FN2O4/c14-10-6-5-8(7-11(10)16(19)20)15-13(18)9-3-1-2-4-12(9)17/h1-7,17H,(H,15,18). The Balaban J connectivity index is 2.27. The van der Waals surface area contributed by atoms with Crippen molar-refractivity contribution in [1.29, 1.82) is 0 Å². The van der Waals surface area contributed by atoms with Gasteiger partial charge in [0, 0.05) is 11.8 Å². The summed E-state index contributed by atoms with van der Waals surface area (Å²) >= 11 is 0. The summed E-state index contributed by atoms with van der Waals surface area (Å²) in [5.41, 5.74) is -0.661. The summed E-state index contributed by atoms with van der Waals surface area (Å²) in [5, 5.41) is 22.5. The highest BCUT2D eigenvalue weighted by atomic mass is 19.1. The molecule has 0 fully saturated rings. The zero-order chi connectivity index (χ0) is 14.7. The van der Waals surface area contributed by atoms with E-state index in [0.717, 1.165) is 12.1 Å². The van der Waals surface area contributed by atoms with Crippen molar-refractivity contribution < 1.29 is 19.2 Å². The number of para-hydroxylation sites is 1. The van der Waals surface area contributed by atoms with Crippen molar-refractivity contribution in [3.8, 4) is 5.75 Å². The van der Waals surface area contributed by atoms with E-state index in [1.165, 1.54) is 18.2 Å². The Morgan fingerprint density at radius 1 is 1.25 bits per heavy atom. The lowest BCUT2D eigenvalue weighted by atomic mass is 10.2. The topological polar surface area (TPSA) is 92.5 Å². The van der Waals surface area contributed by atoms with E-state index >= 15 is 0 Å². The van der Waals surface area contributed by atoms with Gasteiger partial charge in [0.15, 0.2) is 0 Å².